The smallest absolute Gasteiger partial charge is 0.220 e. The van der Waals surface area contributed by atoms with E-state index in [0.29, 0.717) is 12.8 Å². The van der Waals surface area contributed by atoms with Gasteiger partial charge in [-0.2, -0.15) is 0 Å². The summed E-state index contributed by atoms with van der Waals surface area (Å²) in [4.78, 5) is 13.0. The van der Waals surface area contributed by atoms with Gasteiger partial charge in [-0.05, 0) is 38.5 Å². The van der Waals surface area contributed by atoms with Gasteiger partial charge in [0.25, 0.3) is 0 Å². The molecule has 0 aromatic rings. The molecule has 366 valence electrons. The first-order valence-corrected chi connectivity index (χ1v) is 26.5. The van der Waals surface area contributed by atoms with E-state index in [1.54, 1.807) is 0 Å². The number of amides is 1. The number of unbranched alkanes of at least 4 members (excludes halogenated alkanes) is 31. The number of ether oxygens (including phenoxy) is 2. The Morgan fingerprint density at radius 2 is 1.00 bits per heavy atom. The Morgan fingerprint density at radius 1 is 0.565 bits per heavy atom. The van der Waals surface area contributed by atoms with E-state index in [9.17, 15) is 30.3 Å². The van der Waals surface area contributed by atoms with E-state index in [1.165, 1.54) is 173 Å². The van der Waals surface area contributed by atoms with Gasteiger partial charge in [-0.1, -0.05) is 231 Å². The van der Waals surface area contributed by atoms with Crippen LogP contribution in [-0.4, -0.2) is 87.5 Å². The summed E-state index contributed by atoms with van der Waals surface area (Å²) in [5, 5.41) is 54.6. The van der Waals surface area contributed by atoms with Crippen molar-refractivity contribution in [2.24, 2.45) is 0 Å². The quantitative estimate of drug-likeness (QED) is 0.0262. The molecule has 0 radical (unpaired) electrons. The van der Waals surface area contributed by atoms with Crippen molar-refractivity contribution >= 4 is 5.91 Å². The van der Waals surface area contributed by atoms with Gasteiger partial charge in [0.2, 0.25) is 5.91 Å². The van der Waals surface area contributed by atoms with Crippen molar-refractivity contribution in [3.8, 4) is 0 Å². The molecular formula is C53H101NO8. The molecule has 1 amide bonds. The van der Waals surface area contributed by atoms with Gasteiger partial charge in [0.1, 0.15) is 24.4 Å². The van der Waals surface area contributed by atoms with Crippen LogP contribution in [0.4, 0.5) is 0 Å². The molecule has 9 nitrogen and oxygen atoms in total. The zero-order valence-corrected chi connectivity index (χ0v) is 40.4. The highest BCUT2D eigenvalue weighted by molar-refractivity contribution is 5.76. The highest BCUT2D eigenvalue weighted by Crippen LogP contribution is 2.23. The second-order valence-electron chi connectivity index (χ2n) is 18.6. The Balaban J connectivity index is 2.24. The van der Waals surface area contributed by atoms with Gasteiger partial charge in [0, 0.05) is 6.42 Å². The molecule has 0 bridgehead atoms. The third-order valence-electron chi connectivity index (χ3n) is 12.8. The van der Waals surface area contributed by atoms with Crippen LogP contribution in [0.2, 0.25) is 0 Å². The normalized spacial score (nSPS) is 20.4. The molecule has 1 heterocycles. The lowest BCUT2D eigenvalue weighted by atomic mass is 9.99. The summed E-state index contributed by atoms with van der Waals surface area (Å²) in [5.41, 5.74) is 0. The van der Waals surface area contributed by atoms with E-state index in [-0.39, 0.29) is 12.5 Å². The summed E-state index contributed by atoms with van der Waals surface area (Å²) in [5.74, 6) is -0.142. The van der Waals surface area contributed by atoms with E-state index >= 15 is 0 Å². The number of rotatable bonds is 45. The molecule has 6 N–H and O–H groups in total. The van der Waals surface area contributed by atoms with Gasteiger partial charge < -0.3 is 40.3 Å². The van der Waals surface area contributed by atoms with E-state index in [4.69, 9.17) is 9.47 Å². The highest BCUT2D eigenvalue weighted by Gasteiger charge is 2.44. The summed E-state index contributed by atoms with van der Waals surface area (Å²) in [6.45, 7) is 3.76. The van der Waals surface area contributed by atoms with E-state index in [2.05, 4.69) is 43.5 Å². The molecule has 0 spiro atoms. The van der Waals surface area contributed by atoms with E-state index in [1.807, 2.05) is 0 Å². The van der Waals surface area contributed by atoms with E-state index < -0.39 is 49.5 Å². The molecular weight excluding hydrogens is 779 g/mol. The van der Waals surface area contributed by atoms with Gasteiger partial charge in [-0.3, -0.25) is 4.79 Å². The number of carbonyl (C=O) groups is 1. The average molecular weight is 880 g/mol. The molecule has 1 saturated heterocycles. The average Bonchev–Trinajstić information content (AvgIpc) is 3.27. The third kappa shape index (κ3) is 33.2. The van der Waals surface area contributed by atoms with E-state index in [0.717, 1.165) is 51.4 Å². The Morgan fingerprint density at radius 3 is 1.47 bits per heavy atom. The number of hydrogen-bond acceptors (Lipinski definition) is 8. The molecule has 1 rings (SSSR count). The standard InChI is InChI=1S/C53H101NO8/c1-3-5-7-9-11-13-15-17-19-21-23-24-25-27-29-31-33-35-37-39-41-43-49(57)54-46(45-61-53-52(60)51(59)50(58)48(44-55)62-53)47(56)42-40-38-36-34-32-30-28-26-22-20-18-16-14-12-10-8-6-4-2/h5,7,11,13,46-48,50-53,55-56,58-60H,3-4,6,8-10,12,14-45H2,1-2H3,(H,54,57)/b7-5-,13-11-. The fraction of sp³-hybridized carbons (Fsp3) is 0.906. The monoisotopic (exact) mass is 880 g/mol. The second-order valence-corrected chi connectivity index (χ2v) is 18.6. The Hall–Kier alpha value is -1.33. The van der Waals surface area contributed by atoms with Crippen LogP contribution in [-0.2, 0) is 14.3 Å². The molecule has 7 atom stereocenters. The Bertz CT molecular complexity index is 1020. The van der Waals surface area contributed by atoms with Crippen molar-refractivity contribution in [2.75, 3.05) is 13.2 Å². The first kappa shape index (κ1) is 58.7. The summed E-state index contributed by atoms with van der Waals surface area (Å²) in [6, 6.07) is -0.717. The summed E-state index contributed by atoms with van der Waals surface area (Å²) >= 11 is 0. The maximum atomic E-state index is 13.0. The number of hydrogen-bond donors (Lipinski definition) is 6. The summed E-state index contributed by atoms with van der Waals surface area (Å²) in [6.07, 6.45) is 46.2. The fourth-order valence-electron chi connectivity index (χ4n) is 8.61. The van der Waals surface area contributed by atoms with Crippen LogP contribution in [0.5, 0.6) is 0 Å². The summed E-state index contributed by atoms with van der Waals surface area (Å²) in [7, 11) is 0. The van der Waals surface area contributed by atoms with Crippen LogP contribution < -0.4 is 5.32 Å². The van der Waals surface area contributed by atoms with Crippen LogP contribution in [0.25, 0.3) is 0 Å². The molecule has 0 aliphatic carbocycles. The third-order valence-corrected chi connectivity index (χ3v) is 12.8. The van der Waals surface area contributed by atoms with Crippen LogP contribution in [0.15, 0.2) is 24.3 Å². The zero-order valence-electron chi connectivity index (χ0n) is 40.4. The Kier molecular flexibility index (Phi) is 41.2. The molecule has 0 saturated carbocycles. The predicted octanol–water partition coefficient (Wildman–Crippen LogP) is 12.2. The van der Waals surface area contributed by atoms with Crippen molar-refractivity contribution in [3.63, 3.8) is 0 Å². The number of allylic oxidation sites excluding steroid dienone is 4. The molecule has 9 heteroatoms. The first-order chi connectivity index (χ1) is 30.3. The number of nitrogens with one attached hydrogen (secondary N) is 1. The van der Waals surface area contributed by atoms with Gasteiger partial charge in [0.05, 0.1) is 25.4 Å². The minimum Gasteiger partial charge on any atom is -0.394 e. The van der Waals surface area contributed by atoms with Gasteiger partial charge in [-0.15, -0.1) is 0 Å². The van der Waals surface area contributed by atoms with Crippen LogP contribution in [0.3, 0.4) is 0 Å². The molecule has 1 fully saturated rings. The SMILES string of the molecule is CC/C=C\C/C=C\CCCCCCCCCCCCCCCCC(=O)NC(COC1OC(CO)C(O)C(O)C1O)C(O)CCCCCCCCCCCCCCCCCCCC. The number of carbonyl (C=O) groups excluding carboxylic acids is 1. The topological polar surface area (TPSA) is 149 Å². The molecule has 1 aliphatic rings. The number of aliphatic hydroxyl groups excluding tert-OH is 5. The predicted molar refractivity (Wildman–Crippen MR) is 258 cm³/mol. The van der Waals surface area contributed by atoms with Crippen molar-refractivity contribution in [2.45, 2.75) is 294 Å². The van der Waals surface area contributed by atoms with Gasteiger partial charge in [0.15, 0.2) is 6.29 Å². The maximum Gasteiger partial charge on any atom is 0.220 e. The van der Waals surface area contributed by atoms with Crippen molar-refractivity contribution in [1.29, 1.82) is 0 Å². The lowest BCUT2D eigenvalue weighted by Crippen LogP contribution is -2.60. The van der Waals surface area contributed by atoms with Gasteiger partial charge >= 0.3 is 0 Å². The van der Waals surface area contributed by atoms with Crippen LogP contribution in [0.1, 0.15) is 251 Å². The fourth-order valence-corrected chi connectivity index (χ4v) is 8.61. The van der Waals surface area contributed by atoms with Crippen molar-refractivity contribution in [3.05, 3.63) is 24.3 Å². The van der Waals surface area contributed by atoms with Crippen molar-refractivity contribution in [1.82, 2.24) is 5.32 Å². The molecule has 1 aliphatic heterocycles. The lowest BCUT2D eigenvalue weighted by Gasteiger charge is -2.40. The van der Waals surface area contributed by atoms with Crippen molar-refractivity contribution < 1.29 is 39.8 Å². The zero-order chi connectivity index (χ0) is 45.1. The molecule has 0 aromatic heterocycles. The minimum atomic E-state index is -1.55. The first-order valence-electron chi connectivity index (χ1n) is 26.5. The minimum absolute atomic E-state index is 0.135. The largest absolute Gasteiger partial charge is 0.394 e. The Labute approximate surface area is 381 Å². The molecule has 0 aromatic carbocycles. The highest BCUT2D eigenvalue weighted by atomic mass is 16.7. The molecule has 7 unspecified atom stereocenters. The maximum absolute atomic E-state index is 13.0. The van der Waals surface area contributed by atoms with Crippen LogP contribution >= 0.6 is 0 Å². The lowest BCUT2D eigenvalue weighted by molar-refractivity contribution is -0.302. The number of aliphatic hydroxyl groups is 5. The molecule has 62 heavy (non-hydrogen) atoms. The van der Waals surface area contributed by atoms with Crippen LogP contribution in [0, 0.1) is 0 Å². The summed E-state index contributed by atoms with van der Waals surface area (Å²) < 4.78 is 11.3. The second kappa shape index (κ2) is 43.6. The van der Waals surface area contributed by atoms with Gasteiger partial charge in [-0.25, -0.2) is 0 Å².